The summed E-state index contributed by atoms with van der Waals surface area (Å²) in [4.78, 5) is 2.72. The van der Waals surface area contributed by atoms with Gasteiger partial charge in [-0.1, -0.05) is 20.8 Å². The van der Waals surface area contributed by atoms with Crippen molar-refractivity contribution in [1.29, 1.82) is 0 Å². The minimum absolute atomic E-state index is 0.773. The number of likely N-dealkylation sites (tertiary alicyclic amines) is 1. The number of nitrogens with zero attached hydrogens (tertiary/aromatic N) is 1. The molecule has 1 saturated heterocycles. The van der Waals surface area contributed by atoms with Gasteiger partial charge in [0.1, 0.15) is 0 Å². The van der Waals surface area contributed by atoms with E-state index in [1.165, 1.54) is 38.9 Å². The first-order valence-electron chi connectivity index (χ1n) is 6.69. The van der Waals surface area contributed by atoms with Crippen LogP contribution in [0.15, 0.2) is 0 Å². The Morgan fingerprint density at radius 1 is 1.27 bits per heavy atom. The first-order chi connectivity index (χ1) is 7.22. The fourth-order valence-electron chi connectivity index (χ4n) is 2.92. The molecule has 0 bridgehead atoms. The number of piperidine rings is 1. The molecule has 1 aliphatic heterocycles. The zero-order valence-electron chi connectivity index (χ0n) is 10.5. The molecule has 0 aromatic heterocycles. The van der Waals surface area contributed by atoms with E-state index in [4.69, 9.17) is 0 Å². The molecular weight excluding hydrogens is 184 g/mol. The lowest BCUT2D eigenvalue weighted by atomic mass is 9.93. The minimum atomic E-state index is 0.773. The Labute approximate surface area is 94.4 Å². The number of hydrogen-bond acceptors (Lipinski definition) is 2. The third kappa shape index (κ3) is 2.73. The van der Waals surface area contributed by atoms with E-state index in [0.717, 1.165) is 23.9 Å². The molecule has 0 aromatic rings. The Kier molecular flexibility index (Phi) is 3.68. The monoisotopic (exact) mass is 210 g/mol. The highest BCUT2D eigenvalue weighted by Crippen LogP contribution is 2.37. The summed E-state index contributed by atoms with van der Waals surface area (Å²) in [7, 11) is 0. The summed E-state index contributed by atoms with van der Waals surface area (Å²) in [5, 5.41) is 3.69. The van der Waals surface area contributed by atoms with Gasteiger partial charge in [0.25, 0.3) is 0 Å². The largest absolute Gasteiger partial charge is 0.314 e. The van der Waals surface area contributed by atoms with E-state index in [1.54, 1.807) is 0 Å². The standard InChI is InChI=1S/C13H26N2/c1-4-6-14-12-5-7-15(9-11(12)3)13-8-10(13)2/h10-14H,4-9H2,1-3H3. The van der Waals surface area contributed by atoms with Gasteiger partial charge in [-0.05, 0) is 44.2 Å². The van der Waals surface area contributed by atoms with Crippen molar-refractivity contribution in [1.82, 2.24) is 10.2 Å². The van der Waals surface area contributed by atoms with Crippen LogP contribution < -0.4 is 5.32 Å². The molecule has 1 N–H and O–H groups in total. The molecule has 2 heteroatoms. The normalized spacial score (nSPS) is 41.8. The van der Waals surface area contributed by atoms with E-state index < -0.39 is 0 Å². The Balaban J connectivity index is 1.75. The number of hydrogen-bond donors (Lipinski definition) is 1. The predicted molar refractivity (Wildman–Crippen MR) is 65.0 cm³/mol. The highest BCUT2D eigenvalue weighted by molar-refractivity contribution is 4.95. The summed E-state index contributed by atoms with van der Waals surface area (Å²) in [6.07, 6.45) is 4.05. The highest BCUT2D eigenvalue weighted by atomic mass is 15.2. The molecule has 2 nitrogen and oxygen atoms in total. The summed E-state index contributed by atoms with van der Waals surface area (Å²) in [5.74, 6) is 1.80. The van der Waals surface area contributed by atoms with Crippen LogP contribution in [0.3, 0.4) is 0 Å². The van der Waals surface area contributed by atoms with Crippen LogP contribution in [0.5, 0.6) is 0 Å². The van der Waals surface area contributed by atoms with Crippen LogP contribution >= 0.6 is 0 Å². The third-order valence-electron chi connectivity index (χ3n) is 4.13. The number of rotatable bonds is 4. The molecule has 0 radical (unpaired) electrons. The number of nitrogens with one attached hydrogen (secondary N) is 1. The van der Waals surface area contributed by atoms with Gasteiger partial charge in [-0.25, -0.2) is 0 Å². The third-order valence-corrected chi connectivity index (χ3v) is 4.13. The van der Waals surface area contributed by atoms with Crippen molar-refractivity contribution >= 4 is 0 Å². The maximum Gasteiger partial charge on any atom is 0.0125 e. The smallest absolute Gasteiger partial charge is 0.0125 e. The van der Waals surface area contributed by atoms with Crippen molar-refractivity contribution in [2.75, 3.05) is 19.6 Å². The Morgan fingerprint density at radius 3 is 2.53 bits per heavy atom. The highest BCUT2D eigenvalue weighted by Gasteiger charge is 2.40. The van der Waals surface area contributed by atoms with E-state index in [2.05, 4.69) is 31.0 Å². The lowest BCUT2D eigenvalue weighted by Gasteiger charge is -2.37. The maximum absolute atomic E-state index is 3.69. The molecule has 1 saturated carbocycles. The van der Waals surface area contributed by atoms with E-state index in [1.807, 2.05) is 0 Å². The lowest BCUT2D eigenvalue weighted by molar-refractivity contribution is 0.136. The van der Waals surface area contributed by atoms with Gasteiger partial charge in [-0.3, -0.25) is 4.90 Å². The van der Waals surface area contributed by atoms with E-state index in [-0.39, 0.29) is 0 Å². The molecule has 88 valence electrons. The van der Waals surface area contributed by atoms with Crippen LogP contribution in [0.1, 0.15) is 40.0 Å². The molecule has 2 aliphatic rings. The molecule has 0 amide bonds. The second-order valence-corrected chi connectivity index (χ2v) is 5.60. The SMILES string of the molecule is CCCNC1CCN(C2CC2C)CC1C. The first kappa shape index (κ1) is 11.4. The lowest BCUT2D eigenvalue weighted by Crippen LogP contribution is -2.49. The van der Waals surface area contributed by atoms with Crippen molar-refractivity contribution < 1.29 is 0 Å². The van der Waals surface area contributed by atoms with Crippen LogP contribution in [-0.4, -0.2) is 36.6 Å². The quantitative estimate of drug-likeness (QED) is 0.764. The molecule has 0 spiro atoms. The summed E-state index contributed by atoms with van der Waals surface area (Å²) in [6.45, 7) is 10.9. The maximum atomic E-state index is 3.69. The van der Waals surface area contributed by atoms with Gasteiger partial charge in [0.15, 0.2) is 0 Å². The Bertz CT molecular complexity index is 205. The van der Waals surface area contributed by atoms with Gasteiger partial charge >= 0.3 is 0 Å². The van der Waals surface area contributed by atoms with Crippen molar-refractivity contribution in [2.24, 2.45) is 11.8 Å². The summed E-state index contributed by atoms with van der Waals surface area (Å²) in [6, 6.07) is 1.70. The average molecular weight is 210 g/mol. The van der Waals surface area contributed by atoms with Crippen LogP contribution in [-0.2, 0) is 0 Å². The molecule has 2 rings (SSSR count). The average Bonchev–Trinajstić information content (AvgIpc) is 2.94. The van der Waals surface area contributed by atoms with Gasteiger partial charge in [0.05, 0.1) is 0 Å². The fraction of sp³-hybridized carbons (Fsp3) is 1.00. The molecule has 4 atom stereocenters. The molecule has 1 aliphatic carbocycles. The molecule has 1 heterocycles. The van der Waals surface area contributed by atoms with Gasteiger partial charge in [-0.15, -0.1) is 0 Å². The van der Waals surface area contributed by atoms with Crippen molar-refractivity contribution in [3.63, 3.8) is 0 Å². The topological polar surface area (TPSA) is 15.3 Å². The molecule has 0 aromatic carbocycles. The Morgan fingerprint density at radius 2 is 2.00 bits per heavy atom. The molecule has 2 fully saturated rings. The van der Waals surface area contributed by atoms with Gasteiger partial charge < -0.3 is 5.32 Å². The minimum Gasteiger partial charge on any atom is -0.314 e. The van der Waals surface area contributed by atoms with Crippen LogP contribution in [0.4, 0.5) is 0 Å². The molecule has 15 heavy (non-hydrogen) atoms. The zero-order valence-corrected chi connectivity index (χ0v) is 10.5. The van der Waals surface area contributed by atoms with Gasteiger partial charge in [-0.2, -0.15) is 0 Å². The van der Waals surface area contributed by atoms with Crippen LogP contribution in [0.25, 0.3) is 0 Å². The van der Waals surface area contributed by atoms with Crippen LogP contribution in [0, 0.1) is 11.8 Å². The zero-order chi connectivity index (χ0) is 10.8. The predicted octanol–water partition coefficient (Wildman–Crippen LogP) is 2.10. The van der Waals surface area contributed by atoms with Crippen LogP contribution in [0.2, 0.25) is 0 Å². The Hall–Kier alpha value is -0.0800. The summed E-state index contributed by atoms with van der Waals surface area (Å²) < 4.78 is 0. The molecule has 4 unspecified atom stereocenters. The van der Waals surface area contributed by atoms with E-state index in [0.29, 0.717) is 0 Å². The fourth-order valence-corrected chi connectivity index (χ4v) is 2.92. The second-order valence-electron chi connectivity index (χ2n) is 5.60. The summed E-state index contributed by atoms with van der Waals surface area (Å²) in [5.41, 5.74) is 0. The second kappa shape index (κ2) is 4.84. The molecular formula is C13H26N2. The van der Waals surface area contributed by atoms with E-state index in [9.17, 15) is 0 Å². The van der Waals surface area contributed by atoms with Gasteiger partial charge in [0, 0.05) is 18.6 Å². The van der Waals surface area contributed by atoms with E-state index >= 15 is 0 Å². The van der Waals surface area contributed by atoms with Crippen molar-refractivity contribution in [3.05, 3.63) is 0 Å². The first-order valence-corrected chi connectivity index (χ1v) is 6.69. The van der Waals surface area contributed by atoms with Gasteiger partial charge in [0.2, 0.25) is 0 Å². The summed E-state index contributed by atoms with van der Waals surface area (Å²) >= 11 is 0. The van der Waals surface area contributed by atoms with Crippen molar-refractivity contribution in [2.45, 2.75) is 52.1 Å². The van der Waals surface area contributed by atoms with Crippen molar-refractivity contribution in [3.8, 4) is 0 Å².